The summed E-state index contributed by atoms with van der Waals surface area (Å²) in [6.45, 7) is 5.33. The summed E-state index contributed by atoms with van der Waals surface area (Å²) in [4.78, 5) is 10.9. The number of carboxylic acids is 1. The molecular weight excluding hydrogens is 209 g/mol. The van der Waals surface area contributed by atoms with Crippen LogP contribution in [0.1, 0.15) is 19.4 Å². The van der Waals surface area contributed by atoms with E-state index in [4.69, 9.17) is 5.11 Å². The Balaban J connectivity index is 2.90. The number of hydrogen-bond donors (Lipinski definition) is 2. The fraction of sp³-hybridized carbons (Fsp3) is 0.417. The molecule has 0 amide bonds. The van der Waals surface area contributed by atoms with Crippen LogP contribution in [0.15, 0.2) is 18.2 Å². The zero-order valence-corrected chi connectivity index (χ0v) is 9.62. The highest BCUT2D eigenvalue weighted by Crippen LogP contribution is 2.18. The highest BCUT2D eigenvalue weighted by molar-refractivity contribution is 5.77. The average molecular weight is 225 g/mol. The lowest BCUT2D eigenvalue weighted by Gasteiger charge is -2.19. The Morgan fingerprint density at radius 1 is 1.44 bits per heavy atom. The topological polar surface area (TPSA) is 49.3 Å². The van der Waals surface area contributed by atoms with Gasteiger partial charge in [0.2, 0.25) is 0 Å². The van der Waals surface area contributed by atoms with E-state index in [1.165, 1.54) is 6.07 Å². The maximum atomic E-state index is 13.5. The van der Waals surface area contributed by atoms with E-state index in [0.717, 1.165) is 5.56 Å². The SMILES string of the molecule is Cc1ccc(N[C@H](C(=O)O)C(C)C)c(F)c1. The van der Waals surface area contributed by atoms with Crippen molar-refractivity contribution in [3.8, 4) is 0 Å². The summed E-state index contributed by atoms with van der Waals surface area (Å²) in [6, 6.07) is 3.90. The van der Waals surface area contributed by atoms with Crippen molar-refractivity contribution in [3.63, 3.8) is 0 Å². The van der Waals surface area contributed by atoms with Gasteiger partial charge in [-0.1, -0.05) is 19.9 Å². The molecule has 1 aromatic carbocycles. The first-order valence-electron chi connectivity index (χ1n) is 5.17. The normalized spacial score (nSPS) is 12.6. The zero-order valence-electron chi connectivity index (χ0n) is 9.62. The molecule has 4 heteroatoms. The number of carbonyl (C=O) groups is 1. The van der Waals surface area contributed by atoms with E-state index in [2.05, 4.69) is 5.32 Å². The first-order valence-corrected chi connectivity index (χ1v) is 5.17. The van der Waals surface area contributed by atoms with Crippen molar-refractivity contribution in [2.45, 2.75) is 26.8 Å². The molecule has 0 bridgehead atoms. The molecule has 0 saturated carbocycles. The van der Waals surface area contributed by atoms with Crippen molar-refractivity contribution in [2.24, 2.45) is 5.92 Å². The molecule has 16 heavy (non-hydrogen) atoms. The molecule has 1 rings (SSSR count). The number of hydrogen-bond acceptors (Lipinski definition) is 2. The van der Waals surface area contributed by atoms with Crippen LogP contribution in [-0.2, 0) is 4.79 Å². The number of carboxylic acid groups (broad SMARTS) is 1. The van der Waals surface area contributed by atoms with Gasteiger partial charge < -0.3 is 10.4 Å². The van der Waals surface area contributed by atoms with Gasteiger partial charge in [0.25, 0.3) is 0 Å². The van der Waals surface area contributed by atoms with E-state index < -0.39 is 17.8 Å². The van der Waals surface area contributed by atoms with E-state index in [1.807, 2.05) is 0 Å². The molecule has 0 heterocycles. The quantitative estimate of drug-likeness (QED) is 0.828. The van der Waals surface area contributed by atoms with E-state index in [-0.39, 0.29) is 11.6 Å². The highest BCUT2D eigenvalue weighted by Gasteiger charge is 2.21. The fourth-order valence-corrected chi connectivity index (χ4v) is 1.42. The Kier molecular flexibility index (Phi) is 3.88. The predicted octanol–water partition coefficient (Wildman–Crippen LogP) is 2.66. The molecule has 0 spiro atoms. The molecule has 3 nitrogen and oxygen atoms in total. The van der Waals surface area contributed by atoms with E-state index in [9.17, 15) is 9.18 Å². The molecule has 0 aliphatic carbocycles. The number of aryl methyl sites for hydroxylation is 1. The Morgan fingerprint density at radius 3 is 2.50 bits per heavy atom. The summed E-state index contributed by atoms with van der Waals surface area (Å²) in [7, 11) is 0. The molecular formula is C12H16FNO2. The molecule has 1 aromatic rings. The highest BCUT2D eigenvalue weighted by atomic mass is 19.1. The van der Waals surface area contributed by atoms with Crippen LogP contribution in [0.4, 0.5) is 10.1 Å². The van der Waals surface area contributed by atoms with Gasteiger partial charge in [-0.05, 0) is 30.5 Å². The van der Waals surface area contributed by atoms with Gasteiger partial charge in [-0.3, -0.25) is 0 Å². The third-order valence-electron chi connectivity index (χ3n) is 2.37. The molecule has 0 unspecified atom stereocenters. The van der Waals surface area contributed by atoms with Crippen molar-refractivity contribution >= 4 is 11.7 Å². The van der Waals surface area contributed by atoms with Crippen LogP contribution in [0.2, 0.25) is 0 Å². The summed E-state index contributed by atoms with van der Waals surface area (Å²) < 4.78 is 13.5. The lowest BCUT2D eigenvalue weighted by Crippen LogP contribution is -2.34. The van der Waals surface area contributed by atoms with E-state index >= 15 is 0 Å². The van der Waals surface area contributed by atoms with Gasteiger partial charge in [0.1, 0.15) is 11.9 Å². The van der Waals surface area contributed by atoms with E-state index in [0.29, 0.717) is 0 Å². The lowest BCUT2D eigenvalue weighted by atomic mass is 10.0. The van der Waals surface area contributed by atoms with Gasteiger partial charge in [0.15, 0.2) is 0 Å². The predicted molar refractivity (Wildman–Crippen MR) is 61.0 cm³/mol. The van der Waals surface area contributed by atoms with Crippen LogP contribution in [0, 0.1) is 18.7 Å². The number of nitrogens with one attached hydrogen (secondary N) is 1. The Bertz CT molecular complexity index is 391. The number of halogens is 1. The number of aliphatic carboxylic acids is 1. The van der Waals surface area contributed by atoms with Crippen molar-refractivity contribution in [3.05, 3.63) is 29.6 Å². The first kappa shape index (κ1) is 12.5. The van der Waals surface area contributed by atoms with Crippen LogP contribution in [0.3, 0.4) is 0 Å². The van der Waals surface area contributed by atoms with Gasteiger partial charge in [0.05, 0.1) is 5.69 Å². The largest absolute Gasteiger partial charge is 0.480 e. The molecule has 0 radical (unpaired) electrons. The van der Waals surface area contributed by atoms with Crippen molar-refractivity contribution in [2.75, 3.05) is 5.32 Å². The van der Waals surface area contributed by atoms with Crippen LogP contribution in [-0.4, -0.2) is 17.1 Å². The molecule has 1 atom stereocenters. The minimum atomic E-state index is -0.977. The fourth-order valence-electron chi connectivity index (χ4n) is 1.42. The first-order chi connectivity index (χ1) is 7.41. The van der Waals surface area contributed by atoms with Crippen LogP contribution >= 0.6 is 0 Å². The number of benzene rings is 1. The third kappa shape index (κ3) is 2.95. The monoisotopic (exact) mass is 225 g/mol. The minimum Gasteiger partial charge on any atom is -0.480 e. The molecule has 0 aliphatic heterocycles. The van der Waals surface area contributed by atoms with Crippen LogP contribution in [0.5, 0.6) is 0 Å². The van der Waals surface area contributed by atoms with Gasteiger partial charge in [-0.25, -0.2) is 9.18 Å². The second-order valence-electron chi connectivity index (χ2n) is 4.19. The van der Waals surface area contributed by atoms with Crippen LogP contribution < -0.4 is 5.32 Å². The number of rotatable bonds is 4. The molecule has 0 saturated heterocycles. The number of anilines is 1. The smallest absolute Gasteiger partial charge is 0.326 e. The summed E-state index contributed by atoms with van der Waals surface area (Å²) in [6.07, 6.45) is 0. The summed E-state index contributed by atoms with van der Waals surface area (Å²) in [5, 5.41) is 11.7. The van der Waals surface area contributed by atoms with Crippen LogP contribution in [0.25, 0.3) is 0 Å². The lowest BCUT2D eigenvalue weighted by molar-refractivity contribution is -0.138. The van der Waals surface area contributed by atoms with Crippen molar-refractivity contribution < 1.29 is 14.3 Å². The summed E-state index contributed by atoms with van der Waals surface area (Å²) >= 11 is 0. The Labute approximate surface area is 94.3 Å². The van der Waals surface area contributed by atoms with Gasteiger partial charge in [-0.2, -0.15) is 0 Å². The standard InChI is InChI=1S/C12H16FNO2/c1-7(2)11(12(15)16)14-10-5-4-8(3)6-9(10)13/h4-7,11,14H,1-3H3,(H,15,16)/t11-/m0/s1. The van der Waals surface area contributed by atoms with Crippen molar-refractivity contribution in [1.29, 1.82) is 0 Å². The second-order valence-corrected chi connectivity index (χ2v) is 4.19. The molecule has 0 fully saturated rings. The minimum absolute atomic E-state index is 0.113. The molecule has 88 valence electrons. The Morgan fingerprint density at radius 2 is 2.06 bits per heavy atom. The van der Waals surface area contributed by atoms with Gasteiger partial charge in [-0.15, -0.1) is 0 Å². The molecule has 2 N–H and O–H groups in total. The maximum Gasteiger partial charge on any atom is 0.326 e. The average Bonchev–Trinajstić information content (AvgIpc) is 2.15. The summed E-state index contributed by atoms with van der Waals surface area (Å²) in [5.41, 5.74) is 1.03. The Hall–Kier alpha value is -1.58. The van der Waals surface area contributed by atoms with Crippen molar-refractivity contribution in [1.82, 2.24) is 0 Å². The van der Waals surface area contributed by atoms with E-state index in [1.54, 1.807) is 32.9 Å². The molecule has 0 aliphatic rings. The zero-order chi connectivity index (χ0) is 12.3. The maximum absolute atomic E-state index is 13.5. The molecule has 0 aromatic heterocycles. The summed E-state index contributed by atoms with van der Waals surface area (Å²) in [5.74, 6) is -1.51. The van der Waals surface area contributed by atoms with Gasteiger partial charge in [0, 0.05) is 0 Å². The van der Waals surface area contributed by atoms with Gasteiger partial charge >= 0.3 is 5.97 Å². The second kappa shape index (κ2) is 4.96. The third-order valence-corrected chi connectivity index (χ3v) is 2.37.